The SMILES string of the molecule is COc1cccc(S(=O)(=O)N(Cc2ccc(-c3nn[nH]n3)cc2)Cc2ccccn2)c1.[HH]. The number of benzene rings is 2. The second kappa shape index (κ2) is 9.02. The van der Waals surface area contributed by atoms with Gasteiger partial charge in [0, 0.05) is 25.8 Å². The average Bonchev–Trinajstić information content (AvgIpc) is 3.35. The number of hydrogen-bond donors (Lipinski definition) is 1. The lowest BCUT2D eigenvalue weighted by Crippen LogP contribution is -2.30. The van der Waals surface area contributed by atoms with Gasteiger partial charge in [0.25, 0.3) is 0 Å². The summed E-state index contributed by atoms with van der Waals surface area (Å²) in [5.74, 6) is 0.948. The first-order valence-corrected chi connectivity index (χ1v) is 10.9. The normalized spacial score (nSPS) is 11.5. The number of methoxy groups -OCH3 is 1. The van der Waals surface area contributed by atoms with Crippen LogP contribution in [0.3, 0.4) is 0 Å². The van der Waals surface area contributed by atoms with Gasteiger partial charge in [-0.05, 0) is 35.0 Å². The first-order valence-electron chi connectivity index (χ1n) is 9.43. The highest BCUT2D eigenvalue weighted by molar-refractivity contribution is 7.89. The number of nitrogens with one attached hydrogen (secondary N) is 1. The third kappa shape index (κ3) is 4.76. The lowest BCUT2D eigenvalue weighted by molar-refractivity contribution is 0.394. The van der Waals surface area contributed by atoms with Crippen LogP contribution in [0.25, 0.3) is 11.4 Å². The molecule has 9 nitrogen and oxygen atoms in total. The van der Waals surface area contributed by atoms with Crippen LogP contribution in [0, 0.1) is 0 Å². The molecular weight excluding hydrogens is 416 g/mol. The first kappa shape index (κ1) is 20.6. The molecule has 2 aromatic heterocycles. The smallest absolute Gasteiger partial charge is 0.243 e. The van der Waals surface area contributed by atoms with Crippen molar-refractivity contribution in [3.63, 3.8) is 0 Å². The van der Waals surface area contributed by atoms with Crippen LogP contribution in [0.1, 0.15) is 12.7 Å². The Morgan fingerprint density at radius 3 is 2.55 bits per heavy atom. The van der Waals surface area contributed by atoms with Gasteiger partial charge in [0.05, 0.1) is 24.2 Å². The summed E-state index contributed by atoms with van der Waals surface area (Å²) >= 11 is 0. The highest BCUT2D eigenvalue weighted by atomic mass is 32.2. The Hall–Kier alpha value is -3.63. The van der Waals surface area contributed by atoms with Crippen LogP contribution in [0.15, 0.2) is 77.8 Å². The Morgan fingerprint density at radius 1 is 1.03 bits per heavy atom. The van der Waals surface area contributed by atoms with Gasteiger partial charge >= 0.3 is 0 Å². The molecule has 0 fully saturated rings. The van der Waals surface area contributed by atoms with Gasteiger partial charge in [0.15, 0.2) is 0 Å². The Bertz CT molecular complexity index is 1240. The molecule has 31 heavy (non-hydrogen) atoms. The van der Waals surface area contributed by atoms with Crippen molar-refractivity contribution >= 4 is 10.0 Å². The van der Waals surface area contributed by atoms with E-state index in [0.717, 1.165) is 11.1 Å². The van der Waals surface area contributed by atoms with E-state index in [0.29, 0.717) is 17.3 Å². The number of aromatic nitrogens is 5. The van der Waals surface area contributed by atoms with Crippen molar-refractivity contribution in [3.8, 4) is 17.1 Å². The summed E-state index contributed by atoms with van der Waals surface area (Å²) in [5, 5.41) is 13.9. The summed E-state index contributed by atoms with van der Waals surface area (Å²) < 4.78 is 33.5. The molecule has 0 atom stereocenters. The minimum atomic E-state index is -3.81. The zero-order valence-corrected chi connectivity index (χ0v) is 17.5. The Balaban J connectivity index is 0.00000289. The van der Waals surface area contributed by atoms with E-state index in [1.54, 1.807) is 36.5 Å². The predicted molar refractivity (Wildman–Crippen MR) is 115 cm³/mol. The van der Waals surface area contributed by atoms with Crippen LogP contribution in [0.5, 0.6) is 5.75 Å². The summed E-state index contributed by atoms with van der Waals surface area (Å²) in [5.41, 5.74) is 2.25. The monoisotopic (exact) mass is 438 g/mol. The van der Waals surface area contributed by atoms with Crippen LogP contribution in [-0.2, 0) is 23.1 Å². The second-order valence-corrected chi connectivity index (χ2v) is 8.64. The van der Waals surface area contributed by atoms with E-state index < -0.39 is 10.0 Å². The Kier molecular flexibility index (Phi) is 6.01. The lowest BCUT2D eigenvalue weighted by atomic mass is 10.1. The van der Waals surface area contributed by atoms with Gasteiger partial charge in [0.1, 0.15) is 5.75 Å². The van der Waals surface area contributed by atoms with Crippen LogP contribution in [-0.4, -0.2) is 45.4 Å². The van der Waals surface area contributed by atoms with E-state index >= 15 is 0 Å². The zero-order chi connectivity index (χ0) is 21.7. The van der Waals surface area contributed by atoms with Crippen molar-refractivity contribution < 1.29 is 14.6 Å². The van der Waals surface area contributed by atoms with E-state index in [2.05, 4.69) is 25.6 Å². The quantitative estimate of drug-likeness (QED) is 0.450. The highest BCUT2D eigenvalue weighted by Crippen LogP contribution is 2.24. The van der Waals surface area contributed by atoms with Gasteiger partial charge in [-0.25, -0.2) is 8.42 Å². The fourth-order valence-corrected chi connectivity index (χ4v) is 4.49. The zero-order valence-electron chi connectivity index (χ0n) is 16.7. The number of tetrazole rings is 1. The van der Waals surface area contributed by atoms with Gasteiger partial charge in [-0.3, -0.25) is 4.98 Å². The topological polar surface area (TPSA) is 114 Å². The maximum atomic E-state index is 13.5. The number of hydrogen-bond acceptors (Lipinski definition) is 7. The van der Waals surface area contributed by atoms with Gasteiger partial charge in [-0.15, -0.1) is 10.2 Å². The van der Waals surface area contributed by atoms with Crippen molar-refractivity contribution in [1.29, 1.82) is 0 Å². The molecular formula is C21H22N6O3S. The van der Waals surface area contributed by atoms with Crippen molar-refractivity contribution in [2.24, 2.45) is 0 Å². The standard InChI is InChI=1S/C21H20N6O3S.H2/c1-30-19-6-4-7-20(13-19)31(28,29)27(15-18-5-2-3-12-22-18)14-16-8-10-17(11-9-16)21-23-25-26-24-21;/h2-13H,14-15H2,1H3,(H,23,24,25,26);1H. The minimum Gasteiger partial charge on any atom is -0.497 e. The molecule has 0 amide bonds. The van der Waals surface area contributed by atoms with Crippen LogP contribution in [0.2, 0.25) is 0 Å². The number of aromatic amines is 1. The number of H-pyrrole nitrogens is 1. The van der Waals surface area contributed by atoms with E-state index in [4.69, 9.17) is 4.74 Å². The summed E-state index contributed by atoms with van der Waals surface area (Å²) in [7, 11) is -2.31. The summed E-state index contributed by atoms with van der Waals surface area (Å²) in [6, 6.07) is 19.2. The number of nitrogens with zero attached hydrogens (tertiary/aromatic N) is 5. The third-order valence-corrected chi connectivity index (χ3v) is 6.45. The molecule has 0 saturated carbocycles. The molecule has 2 heterocycles. The first-order chi connectivity index (χ1) is 15.1. The number of sulfonamides is 1. The summed E-state index contributed by atoms with van der Waals surface area (Å²) in [4.78, 5) is 4.45. The van der Waals surface area contributed by atoms with Crippen molar-refractivity contribution in [2.45, 2.75) is 18.0 Å². The van der Waals surface area contributed by atoms with Gasteiger partial charge < -0.3 is 4.74 Å². The molecule has 0 radical (unpaired) electrons. The van der Waals surface area contributed by atoms with E-state index in [-0.39, 0.29) is 19.4 Å². The molecule has 4 aromatic rings. The number of ether oxygens (including phenoxy) is 1. The Labute approximate surface area is 181 Å². The van der Waals surface area contributed by atoms with E-state index in [9.17, 15) is 8.42 Å². The largest absolute Gasteiger partial charge is 0.497 e. The fraction of sp³-hybridized carbons (Fsp3) is 0.143. The van der Waals surface area contributed by atoms with Gasteiger partial charge in [-0.2, -0.15) is 9.52 Å². The lowest BCUT2D eigenvalue weighted by Gasteiger charge is -2.22. The molecule has 10 heteroatoms. The van der Waals surface area contributed by atoms with Crippen molar-refractivity contribution in [1.82, 2.24) is 29.9 Å². The molecule has 0 aliphatic carbocycles. The maximum Gasteiger partial charge on any atom is 0.243 e. The van der Waals surface area contributed by atoms with Gasteiger partial charge in [0.2, 0.25) is 15.8 Å². The third-order valence-electron chi connectivity index (χ3n) is 4.66. The van der Waals surface area contributed by atoms with Gasteiger partial charge in [-0.1, -0.05) is 36.4 Å². The molecule has 160 valence electrons. The molecule has 0 aliphatic heterocycles. The summed E-state index contributed by atoms with van der Waals surface area (Å²) in [6.07, 6.45) is 1.64. The molecule has 0 spiro atoms. The Morgan fingerprint density at radius 2 is 1.87 bits per heavy atom. The molecule has 0 bridgehead atoms. The van der Waals surface area contributed by atoms with Crippen LogP contribution >= 0.6 is 0 Å². The number of pyridine rings is 1. The van der Waals surface area contributed by atoms with E-state index in [1.807, 2.05) is 30.3 Å². The number of rotatable bonds is 8. The van der Waals surface area contributed by atoms with Crippen LogP contribution < -0.4 is 4.74 Å². The van der Waals surface area contributed by atoms with E-state index in [1.165, 1.54) is 17.5 Å². The second-order valence-electron chi connectivity index (χ2n) is 6.71. The predicted octanol–water partition coefficient (Wildman–Crippen LogP) is 2.91. The molecule has 0 aliphatic rings. The highest BCUT2D eigenvalue weighted by Gasteiger charge is 2.26. The minimum absolute atomic E-state index is 0. The van der Waals surface area contributed by atoms with Crippen molar-refractivity contribution in [2.75, 3.05) is 7.11 Å². The molecule has 2 aromatic carbocycles. The maximum absolute atomic E-state index is 13.5. The molecule has 1 N–H and O–H groups in total. The molecule has 4 rings (SSSR count). The summed E-state index contributed by atoms with van der Waals surface area (Å²) in [6.45, 7) is 0.301. The molecule has 0 saturated heterocycles. The van der Waals surface area contributed by atoms with Crippen LogP contribution in [0.4, 0.5) is 0 Å². The molecule has 0 unspecified atom stereocenters. The fourth-order valence-electron chi connectivity index (χ4n) is 3.06. The average molecular weight is 439 g/mol. The van der Waals surface area contributed by atoms with Crippen molar-refractivity contribution in [3.05, 3.63) is 84.2 Å².